The first-order chi connectivity index (χ1) is 15.3. The Morgan fingerprint density at radius 3 is 2.38 bits per heavy atom. The maximum absolute atomic E-state index is 12.7. The van der Waals surface area contributed by atoms with Crippen LogP contribution in [-0.2, 0) is 9.53 Å². The van der Waals surface area contributed by atoms with E-state index in [1.807, 2.05) is 26.8 Å². The molecule has 0 unspecified atom stereocenters. The molecular weight excluding hydrogens is 418 g/mol. The van der Waals surface area contributed by atoms with Gasteiger partial charge >= 0.3 is 11.8 Å². The number of nitrogens with zero attached hydrogens (tertiary/aromatic N) is 3. The number of rotatable bonds is 12. The molecule has 0 spiro atoms. The van der Waals surface area contributed by atoms with Gasteiger partial charge in [-0.1, -0.05) is 33.6 Å². The highest BCUT2D eigenvalue weighted by atomic mass is 16.7. The Balaban J connectivity index is 3.26. The van der Waals surface area contributed by atoms with Crippen molar-refractivity contribution in [2.45, 2.75) is 52.9 Å². The van der Waals surface area contributed by atoms with Crippen LogP contribution in [0.3, 0.4) is 0 Å². The Labute approximate surface area is 187 Å². The molecule has 0 aromatic heterocycles. The maximum atomic E-state index is 12.7. The molecule has 32 heavy (non-hydrogen) atoms. The fraction of sp³-hybridized carbons (Fsp3) is 0.500. The number of nitro benzene ring substituents is 1. The van der Waals surface area contributed by atoms with Gasteiger partial charge in [0.25, 0.3) is 5.91 Å². The number of phenolic OH excluding ortho intramolecular Hbond substituents is 1. The zero-order chi connectivity index (χ0) is 24.1. The van der Waals surface area contributed by atoms with Crippen LogP contribution in [-0.4, -0.2) is 46.7 Å². The predicted molar refractivity (Wildman–Crippen MR) is 117 cm³/mol. The molecule has 0 fully saturated rings. The summed E-state index contributed by atoms with van der Waals surface area (Å²) in [6, 6.07) is 3.93. The largest absolute Gasteiger partial charge is 0.513 e. The number of hydrogen-bond donors (Lipinski definition) is 1. The van der Waals surface area contributed by atoms with Gasteiger partial charge in [-0.05, 0) is 37.0 Å². The van der Waals surface area contributed by atoms with E-state index >= 15 is 0 Å². The summed E-state index contributed by atoms with van der Waals surface area (Å²) in [7, 11) is 0. The zero-order valence-electron chi connectivity index (χ0n) is 18.6. The predicted octanol–water partition coefficient (Wildman–Crippen LogP) is 4.56. The second-order valence-electron chi connectivity index (χ2n) is 7.01. The molecule has 0 atom stereocenters. The average Bonchev–Trinajstić information content (AvgIpc) is 2.76. The Kier molecular flexibility index (Phi) is 11.3. The molecule has 0 saturated heterocycles. The zero-order valence-corrected chi connectivity index (χ0v) is 18.6. The molecule has 0 aliphatic carbocycles. The number of unbranched alkanes of at least 4 members (excludes halogenated alkanes) is 2. The molecule has 1 N–H and O–H groups in total. The number of carbonyl (C=O) groups is 2. The van der Waals surface area contributed by atoms with Crippen LogP contribution in [0.2, 0.25) is 0 Å². The van der Waals surface area contributed by atoms with E-state index in [0.29, 0.717) is 32.4 Å². The second-order valence-corrected chi connectivity index (χ2v) is 7.01. The third-order valence-corrected chi connectivity index (χ3v) is 4.37. The molecule has 0 aliphatic heterocycles. The molecule has 0 heterocycles. The van der Waals surface area contributed by atoms with Crippen LogP contribution in [0.4, 0.5) is 10.5 Å². The quantitative estimate of drug-likeness (QED) is 0.0934. The molecule has 0 saturated carbocycles. The lowest BCUT2D eigenvalue weighted by Crippen LogP contribution is -2.33. The van der Waals surface area contributed by atoms with E-state index in [-0.39, 0.29) is 17.7 Å². The third-order valence-electron chi connectivity index (χ3n) is 4.37. The normalized spacial score (nSPS) is 10.9. The Morgan fingerprint density at radius 1 is 1.19 bits per heavy atom. The monoisotopic (exact) mass is 447 g/mol. The van der Waals surface area contributed by atoms with Gasteiger partial charge in [-0.3, -0.25) is 14.9 Å². The summed E-state index contributed by atoms with van der Waals surface area (Å²) >= 11 is 0. The molecule has 174 valence electrons. The minimum absolute atomic E-state index is 0.0427. The van der Waals surface area contributed by atoms with E-state index < -0.39 is 34.2 Å². The number of nitro groups is 1. The second kappa shape index (κ2) is 13.6. The number of phenols is 1. The van der Waals surface area contributed by atoms with E-state index in [2.05, 4.69) is 0 Å². The van der Waals surface area contributed by atoms with E-state index in [4.69, 9.17) is 9.47 Å². The average molecular weight is 447 g/mol. The number of nitriles is 1. The Hall–Kier alpha value is -3.61. The fourth-order valence-electron chi connectivity index (χ4n) is 2.87. The number of ether oxygens (including phenoxy) is 2. The number of benzene rings is 1. The summed E-state index contributed by atoms with van der Waals surface area (Å²) in [5.41, 5.74) is -0.933. The van der Waals surface area contributed by atoms with Gasteiger partial charge in [0.2, 0.25) is 5.75 Å². The highest BCUT2D eigenvalue weighted by molar-refractivity contribution is 6.01. The first-order valence-electron chi connectivity index (χ1n) is 10.6. The summed E-state index contributed by atoms with van der Waals surface area (Å²) < 4.78 is 9.83. The number of aromatic hydroxyl groups is 1. The SMILES string of the molecule is CCCCCOC(=O)Oc1cc(/C=C(\C#N)C(=O)N(CCC)CCC)cc([N+](=O)[O-])c1O. The molecule has 10 nitrogen and oxygen atoms in total. The van der Waals surface area contributed by atoms with Gasteiger partial charge in [0.15, 0.2) is 5.75 Å². The van der Waals surface area contributed by atoms with Crippen LogP contribution in [0.15, 0.2) is 17.7 Å². The van der Waals surface area contributed by atoms with Crippen molar-refractivity contribution in [1.29, 1.82) is 5.26 Å². The highest BCUT2D eigenvalue weighted by Crippen LogP contribution is 2.38. The lowest BCUT2D eigenvalue weighted by Gasteiger charge is -2.20. The molecule has 1 aromatic carbocycles. The fourth-order valence-corrected chi connectivity index (χ4v) is 2.87. The van der Waals surface area contributed by atoms with Gasteiger partial charge in [-0.25, -0.2) is 4.79 Å². The van der Waals surface area contributed by atoms with Crippen LogP contribution in [0, 0.1) is 21.4 Å². The molecule has 0 bridgehead atoms. The summed E-state index contributed by atoms with van der Waals surface area (Å²) in [4.78, 5) is 36.6. The standard InChI is InChI=1S/C22H29N3O7/c1-4-7-8-11-31-22(28)32-19-14-16(13-18(20(19)26)25(29)30)12-17(15-23)21(27)24(9-5-2)10-6-3/h12-14,26H,4-11H2,1-3H3/b17-12+. The van der Waals surface area contributed by atoms with E-state index in [0.717, 1.165) is 31.1 Å². The summed E-state index contributed by atoms with van der Waals surface area (Å²) in [6.45, 7) is 6.81. The summed E-state index contributed by atoms with van der Waals surface area (Å²) in [6.07, 6.45) is 3.84. The molecule has 10 heteroatoms. The molecule has 1 rings (SSSR count). The van der Waals surface area contributed by atoms with Crippen molar-refractivity contribution in [2.24, 2.45) is 0 Å². The number of amides is 1. The Bertz CT molecular complexity index is 884. The number of hydrogen-bond acceptors (Lipinski definition) is 8. The lowest BCUT2D eigenvalue weighted by molar-refractivity contribution is -0.385. The van der Waals surface area contributed by atoms with Crippen molar-refractivity contribution in [3.63, 3.8) is 0 Å². The Morgan fingerprint density at radius 2 is 1.84 bits per heavy atom. The van der Waals surface area contributed by atoms with Crippen molar-refractivity contribution in [3.8, 4) is 17.6 Å². The van der Waals surface area contributed by atoms with E-state index in [9.17, 15) is 30.1 Å². The molecule has 0 aliphatic rings. The van der Waals surface area contributed by atoms with E-state index in [1.165, 1.54) is 4.90 Å². The van der Waals surface area contributed by atoms with Gasteiger partial charge in [0.05, 0.1) is 11.5 Å². The highest BCUT2D eigenvalue weighted by Gasteiger charge is 2.23. The smallest absolute Gasteiger partial charge is 0.499 e. The van der Waals surface area contributed by atoms with Crippen LogP contribution in [0.25, 0.3) is 6.08 Å². The van der Waals surface area contributed by atoms with Gasteiger partial charge in [0, 0.05) is 19.2 Å². The minimum atomic E-state index is -1.12. The van der Waals surface area contributed by atoms with Gasteiger partial charge < -0.3 is 19.5 Å². The van der Waals surface area contributed by atoms with Crippen molar-refractivity contribution in [3.05, 3.63) is 33.4 Å². The topological polar surface area (TPSA) is 143 Å². The molecule has 1 aromatic rings. The van der Waals surface area contributed by atoms with Crippen molar-refractivity contribution >= 4 is 23.8 Å². The minimum Gasteiger partial charge on any atom is -0.499 e. The van der Waals surface area contributed by atoms with Crippen LogP contribution in [0.1, 0.15) is 58.4 Å². The first kappa shape index (κ1) is 26.4. The van der Waals surface area contributed by atoms with Gasteiger partial charge in [-0.2, -0.15) is 5.26 Å². The van der Waals surface area contributed by atoms with Crippen LogP contribution < -0.4 is 4.74 Å². The number of carbonyl (C=O) groups excluding carboxylic acids is 2. The van der Waals surface area contributed by atoms with Crippen molar-refractivity contribution in [2.75, 3.05) is 19.7 Å². The first-order valence-corrected chi connectivity index (χ1v) is 10.6. The van der Waals surface area contributed by atoms with Crippen molar-refractivity contribution in [1.82, 2.24) is 4.90 Å². The summed E-state index contributed by atoms with van der Waals surface area (Å²) in [5.74, 6) is -1.87. The maximum Gasteiger partial charge on any atom is 0.513 e. The van der Waals surface area contributed by atoms with Gasteiger partial charge in [0.1, 0.15) is 11.6 Å². The molecule has 1 amide bonds. The van der Waals surface area contributed by atoms with Crippen LogP contribution in [0.5, 0.6) is 11.5 Å². The third kappa shape index (κ3) is 7.91. The summed E-state index contributed by atoms with van der Waals surface area (Å²) in [5, 5.41) is 30.9. The van der Waals surface area contributed by atoms with Crippen LogP contribution >= 0.6 is 0 Å². The molecular formula is C22H29N3O7. The van der Waals surface area contributed by atoms with E-state index in [1.54, 1.807) is 0 Å². The lowest BCUT2D eigenvalue weighted by atomic mass is 10.1. The van der Waals surface area contributed by atoms with Crippen molar-refractivity contribution < 1.29 is 29.1 Å². The molecule has 0 radical (unpaired) electrons. The van der Waals surface area contributed by atoms with Gasteiger partial charge in [-0.15, -0.1) is 0 Å².